The van der Waals surface area contributed by atoms with Crippen LogP contribution in [0.15, 0.2) is 82.8 Å². The van der Waals surface area contributed by atoms with Crippen LogP contribution in [0.5, 0.6) is 11.5 Å². The molecule has 1 heterocycles. The number of carbonyl (C=O) groups excluding carboxylic acids is 2. The van der Waals surface area contributed by atoms with Crippen molar-refractivity contribution in [2.75, 3.05) is 34.8 Å². The van der Waals surface area contributed by atoms with Gasteiger partial charge in [-0.25, -0.2) is 13.8 Å². The molecule has 0 bridgehead atoms. The van der Waals surface area contributed by atoms with Crippen LogP contribution >= 0.6 is 11.8 Å². The minimum absolute atomic E-state index is 0.0506. The molecule has 1 saturated heterocycles. The van der Waals surface area contributed by atoms with Crippen molar-refractivity contribution in [1.82, 2.24) is 5.43 Å². The third-order valence-electron chi connectivity index (χ3n) is 5.58. The van der Waals surface area contributed by atoms with Crippen molar-refractivity contribution in [3.63, 3.8) is 0 Å². The van der Waals surface area contributed by atoms with Gasteiger partial charge in [-0.1, -0.05) is 12.1 Å². The monoisotopic (exact) mass is 568 g/mol. The number of hydrogen-bond donors (Lipinski definition) is 2. The van der Waals surface area contributed by atoms with Gasteiger partial charge in [-0.05, 0) is 66.2 Å². The fraction of sp³-hybridized carbons (Fsp3) is 0.222. The molecule has 1 aliphatic heterocycles. The highest BCUT2D eigenvalue weighted by Crippen LogP contribution is 2.27. The number of nitrogens with one attached hydrogen (secondary N) is 2. The van der Waals surface area contributed by atoms with Crippen molar-refractivity contribution in [2.45, 2.75) is 17.9 Å². The van der Waals surface area contributed by atoms with Gasteiger partial charge in [0.05, 0.1) is 23.9 Å². The summed E-state index contributed by atoms with van der Waals surface area (Å²) in [7, 11) is -2.66. The summed E-state index contributed by atoms with van der Waals surface area (Å²) in [6.07, 6.45) is 1.67. The summed E-state index contributed by atoms with van der Waals surface area (Å²) >= 11 is 1.83. The Balaban J connectivity index is 1.50. The molecule has 0 aromatic heterocycles. The van der Waals surface area contributed by atoms with Gasteiger partial charge in [-0.3, -0.25) is 13.9 Å². The summed E-state index contributed by atoms with van der Waals surface area (Å²) in [5, 5.41) is 6.59. The van der Waals surface area contributed by atoms with Crippen molar-refractivity contribution in [2.24, 2.45) is 5.10 Å². The predicted molar refractivity (Wildman–Crippen MR) is 152 cm³/mol. The van der Waals surface area contributed by atoms with Crippen LogP contribution in [0.2, 0.25) is 0 Å². The van der Waals surface area contributed by atoms with Gasteiger partial charge in [-0.2, -0.15) is 16.9 Å². The van der Waals surface area contributed by atoms with Gasteiger partial charge < -0.3 is 14.8 Å². The van der Waals surface area contributed by atoms with E-state index in [1.54, 1.807) is 24.3 Å². The summed E-state index contributed by atoms with van der Waals surface area (Å²) in [6, 6.07) is 19.3. The van der Waals surface area contributed by atoms with E-state index in [1.807, 2.05) is 36.0 Å². The van der Waals surface area contributed by atoms with Gasteiger partial charge in [0.1, 0.15) is 24.1 Å². The number of rotatable bonds is 11. The van der Waals surface area contributed by atoms with E-state index in [4.69, 9.17) is 9.47 Å². The Kier molecular flexibility index (Phi) is 9.10. The molecule has 0 radical (unpaired) electrons. The molecule has 0 atom stereocenters. The van der Waals surface area contributed by atoms with Gasteiger partial charge in [0.25, 0.3) is 15.9 Å². The van der Waals surface area contributed by atoms with Crippen LogP contribution in [0.1, 0.15) is 12.5 Å². The number of nitrogens with zero attached hydrogens (tertiary/aromatic N) is 2. The molecule has 0 aliphatic carbocycles. The summed E-state index contributed by atoms with van der Waals surface area (Å²) < 4.78 is 39.2. The van der Waals surface area contributed by atoms with Crippen molar-refractivity contribution in [3.05, 3.63) is 78.4 Å². The molecule has 2 amide bonds. The Labute approximate surface area is 231 Å². The molecule has 1 aliphatic rings. The van der Waals surface area contributed by atoms with Crippen LogP contribution in [0.25, 0.3) is 0 Å². The maximum Gasteiger partial charge on any atom is 0.264 e. The van der Waals surface area contributed by atoms with Crippen molar-refractivity contribution >= 4 is 51.2 Å². The standard InChI is InChI=1S/C27H28N4O6S2/c1-19(32)29-21-6-12-26(13-7-21)39(34,35)31(22-8-10-23(36-2)11-9-22)16-27(33)30-28-15-20-4-3-5-24(14-20)37-25-17-38-18-25/h3-15,25H,16-18H2,1-2H3,(H,29,32)(H,30,33)/b28-15-. The molecule has 3 aromatic carbocycles. The average Bonchev–Trinajstić information content (AvgIpc) is 2.90. The normalized spacial score (nSPS) is 13.4. The summed E-state index contributed by atoms with van der Waals surface area (Å²) in [6.45, 7) is 0.832. The van der Waals surface area contributed by atoms with Crippen LogP contribution < -0.4 is 24.5 Å². The molecule has 4 rings (SSSR count). The Morgan fingerprint density at radius 2 is 1.77 bits per heavy atom. The third kappa shape index (κ3) is 7.52. The smallest absolute Gasteiger partial charge is 0.264 e. The second-order valence-electron chi connectivity index (χ2n) is 8.56. The number of thioether (sulfide) groups is 1. The molecule has 39 heavy (non-hydrogen) atoms. The first kappa shape index (κ1) is 28.0. The van der Waals surface area contributed by atoms with E-state index in [0.29, 0.717) is 11.4 Å². The van der Waals surface area contributed by atoms with Crippen LogP contribution in [0, 0.1) is 0 Å². The second-order valence-corrected chi connectivity index (χ2v) is 11.5. The van der Waals surface area contributed by atoms with E-state index in [2.05, 4.69) is 15.8 Å². The van der Waals surface area contributed by atoms with E-state index >= 15 is 0 Å². The summed E-state index contributed by atoms with van der Waals surface area (Å²) in [5.74, 6) is 2.26. The Hall–Kier alpha value is -4.03. The number of ether oxygens (including phenoxy) is 2. The fourth-order valence-corrected chi connectivity index (χ4v) is 5.58. The van der Waals surface area contributed by atoms with E-state index in [1.165, 1.54) is 44.5 Å². The SMILES string of the molecule is COc1ccc(N(CC(=O)N/N=C\c2cccc(OC3CSC3)c2)S(=O)(=O)c2ccc(NC(C)=O)cc2)cc1. The first-order valence-corrected chi connectivity index (χ1v) is 14.5. The van der Waals surface area contributed by atoms with Crippen molar-refractivity contribution in [1.29, 1.82) is 0 Å². The number of amides is 2. The number of carbonyl (C=O) groups is 2. The molecule has 1 fully saturated rings. The zero-order valence-corrected chi connectivity index (χ0v) is 23.0. The molecule has 204 valence electrons. The molecular weight excluding hydrogens is 540 g/mol. The minimum Gasteiger partial charge on any atom is -0.497 e. The lowest BCUT2D eigenvalue weighted by Crippen LogP contribution is -2.39. The zero-order chi connectivity index (χ0) is 27.8. The highest BCUT2D eigenvalue weighted by atomic mass is 32.2. The van der Waals surface area contributed by atoms with E-state index in [-0.39, 0.29) is 22.6 Å². The highest BCUT2D eigenvalue weighted by Gasteiger charge is 2.27. The number of methoxy groups -OCH3 is 1. The molecule has 0 spiro atoms. The number of hydrogen-bond acceptors (Lipinski definition) is 8. The first-order valence-electron chi connectivity index (χ1n) is 12.0. The Bertz CT molecular complexity index is 1440. The molecule has 0 unspecified atom stereocenters. The molecule has 3 aromatic rings. The number of benzene rings is 3. The summed E-state index contributed by atoms with van der Waals surface area (Å²) in [4.78, 5) is 24.1. The zero-order valence-electron chi connectivity index (χ0n) is 21.4. The lowest BCUT2D eigenvalue weighted by molar-refractivity contribution is -0.119. The van der Waals surface area contributed by atoms with Crippen LogP contribution in [0.3, 0.4) is 0 Å². The van der Waals surface area contributed by atoms with E-state index < -0.39 is 22.5 Å². The van der Waals surface area contributed by atoms with Gasteiger partial charge in [0, 0.05) is 24.1 Å². The minimum atomic E-state index is -4.16. The van der Waals surface area contributed by atoms with Gasteiger partial charge in [0.15, 0.2) is 0 Å². The third-order valence-corrected chi connectivity index (χ3v) is 8.58. The average molecular weight is 569 g/mol. The number of anilines is 2. The maximum atomic E-state index is 13.6. The van der Waals surface area contributed by atoms with E-state index in [0.717, 1.165) is 27.1 Å². The lowest BCUT2D eigenvalue weighted by atomic mass is 10.2. The van der Waals surface area contributed by atoms with E-state index in [9.17, 15) is 18.0 Å². The topological polar surface area (TPSA) is 126 Å². The lowest BCUT2D eigenvalue weighted by Gasteiger charge is -2.25. The van der Waals surface area contributed by atoms with Crippen LogP contribution in [-0.2, 0) is 19.6 Å². The Morgan fingerprint density at radius 1 is 1.05 bits per heavy atom. The molecule has 2 N–H and O–H groups in total. The molecule has 10 nitrogen and oxygen atoms in total. The van der Waals surface area contributed by atoms with Gasteiger partial charge in [0.2, 0.25) is 5.91 Å². The van der Waals surface area contributed by atoms with Crippen LogP contribution in [0.4, 0.5) is 11.4 Å². The maximum absolute atomic E-state index is 13.6. The molecular formula is C27H28N4O6S2. The summed E-state index contributed by atoms with van der Waals surface area (Å²) in [5.41, 5.74) is 3.83. The quantitative estimate of drug-likeness (QED) is 0.268. The second kappa shape index (κ2) is 12.7. The van der Waals surface area contributed by atoms with Crippen LogP contribution in [-0.4, -0.2) is 57.7 Å². The number of sulfonamides is 1. The Morgan fingerprint density at radius 3 is 2.38 bits per heavy atom. The largest absolute Gasteiger partial charge is 0.497 e. The molecule has 0 saturated carbocycles. The highest BCUT2D eigenvalue weighted by molar-refractivity contribution is 8.00. The van der Waals surface area contributed by atoms with Gasteiger partial charge >= 0.3 is 0 Å². The fourth-order valence-electron chi connectivity index (χ4n) is 3.59. The number of hydrazone groups is 1. The van der Waals surface area contributed by atoms with Crippen molar-refractivity contribution in [3.8, 4) is 11.5 Å². The predicted octanol–water partition coefficient (Wildman–Crippen LogP) is 3.49. The van der Waals surface area contributed by atoms with Gasteiger partial charge in [-0.15, -0.1) is 0 Å². The first-order chi connectivity index (χ1) is 18.7. The molecule has 12 heteroatoms. The van der Waals surface area contributed by atoms with Crippen molar-refractivity contribution < 1.29 is 27.5 Å².